The minimum atomic E-state index is -0.639. The van der Waals surface area contributed by atoms with Gasteiger partial charge in [-0.3, -0.25) is 4.79 Å². The van der Waals surface area contributed by atoms with E-state index in [4.69, 9.17) is 5.11 Å². The van der Waals surface area contributed by atoms with Crippen LogP contribution in [0.5, 0.6) is 0 Å². The van der Waals surface area contributed by atoms with Crippen molar-refractivity contribution in [3.63, 3.8) is 0 Å². The summed E-state index contributed by atoms with van der Waals surface area (Å²) >= 11 is 1.77. The molecule has 0 bridgehead atoms. The Kier molecular flexibility index (Phi) is 5.94. The van der Waals surface area contributed by atoms with E-state index in [-0.39, 0.29) is 5.92 Å². The lowest BCUT2D eigenvalue weighted by Crippen LogP contribution is -2.34. The van der Waals surface area contributed by atoms with Crippen LogP contribution in [0, 0.1) is 5.92 Å². The molecule has 4 heteroatoms. The second-order valence-electron chi connectivity index (χ2n) is 6.33. The van der Waals surface area contributed by atoms with E-state index >= 15 is 0 Å². The van der Waals surface area contributed by atoms with Gasteiger partial charge in [0.15, 0.2) is 0 Å². The van der Waals surface area contributed by atoms with Gasteiger partial charge in [-0.05, 0) is 55.5 Å². The lowest BCUT2D eigenvalue weighted by molar-refractivity contribution is -0.142. The van der Waals surface area contributed by atoms with E-state index in [1.807, 2.05) is 6.07 Å². The van der Waals surface area contributed by atoms with E-state index in [1.54, 1.807) is 11.8 Å². The van der Waals surface area contributed by atoms with Gasteiger partial charge in [0.2, 0.25) is 0 Å². The summed E-state index contributed by atoms with van der Waals surface area (Å²) in [4.78, 5) is 13.5. The molecule has 0 heterocycles. The normalized spacial score (nSPS) is 20.7. The zero-order chi connectivity index (χ0) is 16.8. The van der Waals surface area contributed by atoms with E-state index < -0.39 is 5.97 Å². The molecule has 1 aliphatic carbocycles. The first kappa shape index (κ1) is 17.1. The van der Waals surface area contributed by atoms with Crippen LogP contribution in [0.2, 0.25) is 0 Å². The summed E-state index contributed by atoms with van der Waals surface area (Å²) < 4.78 is 0. The summed E-state index contributed by atoms with van der Waals surface area (Å²) in [6, 6.07) is 19.5. The summed E-state index contributed by atoms with van der Waals surface area (Å²) in [6.45, 7) is 0.846. The van der Waals surface area contributed by atoms with Gasteiger partial charge in [-0.15, -0.1) is 0 Å². The molecule has 0 aliphatic heterocycles. The molecular weight excluding hydrogens is 318 g/mol. The van der Waals surface area contributed by atoms with E-state index in [0.717, 1.165) is 32.2 Å². The molecule has 0 radical (unpaired) electrons. The van der Waals surface area contributed by atoms with Gasteiger partial charge in [0.1, 0.15) is 0 Å². The number of nitrogens with one attached hydrogen (secondary N) is 1. The van der Waals surface area contributed by atoms with E-state index in [1.165, 1.54) is 15.4 Å². The number of hydrogen-bond acceptors (Lipinski definition) is 3. The molecular formula is C20H23NO2S. The van der Waals surface area contributed by atoms with Gasteiger partial charge < -0.3 is 10.4 Å². The number of hydrogen-bond donors (Lipinski definition) is 2. The molecule has 0 unspecified atom stereocenters. The maximum absolute atomic E-state index is 11.0. The van der Waals surface area contributed by atoms with Gasteiger partial charge in [-0.25, -0.2) is 0 Å². The first-order valence-corrected chi connectivity index (χ1v) is 9.30. The average molecular weight is 341 g/mol. The highest BCUT2D eigenvalue weighted by Gasteiger charge is 2.25. The number of carboxylic acids is 1. The van der Waals surface area contributed by atoms with Crippen LogP contribution in [0.1, 0.15) is 31.2 Å². The Morgan fingerprint density at radius 3 is 2.21 bits per heavy atom. The monoisotopic (exact) mass is 341 g/mol. The second kappa shape index (κ2) is 8.36. The predicted molar refractivity (Wildman–Crippen MR) is 97.2 cm³/mol. The third kappa shape index (κ3) is 4.86. The van der Waals surface area contributed by atoms with Crippen molar-refractivity contribution in [3.05, 3.63) is 60.2 Å². The number of aliphatic carboxylic acids is 1. The fraction of sp³-hybridized carbons (Fsp3) is 0.350. The lowest BCUT2D eigenvalue weighted by Gasteiger charge is -2.27. The molecule has 24 heavy (non-hydrogen) atoms. The molecule has 0 atom stereocenters. The standard InChI is InChI=1S/C20H23NO2S/c22-20(23)16-8-10-17(11-9-16)21-14-15-6-12-19(13-7-15)24-18-4-2-1-3-5-18/h1-7,12-13,16-17,21H,8-11,14H2,(H,22,23). The Balaban J connectivity index is 1.46. The van der Waals surface area contributed by atoms with Crippen molar-refractivity contribution < 1.29 is 9.90 Å². The molecule has 0 aromatic heterocycles. The molecule has 2 N–H and O–H groups in total. The Bertz CT molecular complexity index is 649. The highest BCUT2D eigenvalue weighted by Crippen LogP contribution is 2.28. The zero-order valence-corrected chi connectivity index (χ0v) is 14.5. The summed E-state index contributed by atoms with van der Waals surface area (Å²) in [5.74, 6) is -0.780. The summed E-state index contributed by atoms with van der Waals surface area (Å²) in [5, 5.41) is 12.6. The van der Waals surface area contributed by atoms with Gasteiger partial charge in [0.05, 0.1) is 5.92 Å². The molecule has 3 rings (SSSR count). The minimum Gasteiger partial charge on any atom is -0.481 e. The van der Waals surface area contributed by atoms with Crippen molar-refractivity contribution in [1.29, 1.82) is 0 Å². The predicted octanol–water partition coefficient (Wildman–Crippen LogP) is 4.57. The van der Waals surface area contributed by atoms with E-state index in [9.17, 15) is 4.79 Å². The maximum Gasteiger partial charge on any atom is 0.306 e. The maximum atomic E-state index is 11.0. The Morgan fingerprint density at radius 2 is 1.58 bits per heavy atom. The zero-order valence-electron chi connectivity index (χ0n) is 13.7. The highest BCUT2D eigenvalue weighted by molar-refractivity contribution is 7.99. The van der Waals surface area contributed by atoms with Gasteiger partial charge >= 0.3 is 5.97 Å². The summed E-state index contributed by atoms with van der Waals surface area (Å²) in [5.41, 5.74) is 1.27. The van der Waals surface area contributed by atoms with Crippen molar-refractivity contribution >= 4 is 17.7 Å². The second-order valence-corrected chi connectivity index (χ2v) is 7.47. The Labute approximate surface area is 147 Å². The Hall–Kier alpha value is -1.78. The lowest BCUT2D eigenvalue weighted by atomic mass is 9.86. The number of carboxylic acid groups (broad SMARTS) is 1. The van der Waals surface area contributed by atoms with E-state index in [2.05, 4.69) is 53.8 Å². The topological polar surface area (TPSA) is 49.3 Å². The van der Waals surface area contributed by atoms with Crippen molar-refractivity contribution in [3.8, 4) is 0 Å². The first-order valence-electron chi connectivity index (χ1n) is 8.49. The quantitative estimate of drug-likeness (QED) is 0.808. The molecule has 2 aromatic carbocycles. The molecule has 0 amide bonds. The Morgan fingerprint density at radius 1 is 0.958 bits per heavy atom. The summed E-state index contributed by atoms with van der Waals surface area (Å²) in [6.07, 6.45) is 3.50. The van der Waals surface area contributed by atoms with Crippen LogP contribution in [-0.2, 0) is 11.3 Å². The SMILES string of the molecule is O=C(O)C1CCC(NCc2ccc(Sc3ccccc3)cc2)CC1. The number of benzene rings is 2. The number of carbonyl (C=O) groups is 1. The first-order chi connectivity index (χ1) is 11.7. The van der Waals surface area contributed by atoms with Gasteiger partial charge in [0.25, 0.3) is 0 Å². The van der Waals surface area contributed by atoms with Crippen molar-refractivity contribution in [2.75, 3.05) is 0 Å². The summed E-state index contributed by atoms with van der Waals surface area (Å²) in [7, 11) is 0. The average Bonchev–Trinajstić information content (AvgIpc) is 2.62. The smallest absolute Gasteiger partial charge is 0.306 e. The van der Waals surface area contributed by atoms with Gasteiger partial charge in [-0.1, -0.05) is 42.1 Å². The molecule has 126 valence electrons. The molecule has 2 aromatic rings. The molecule has 1 saturated carbocycles. The third-order valence-electron chi connectivity index (χ3n) is 4.57. The fourth-order valence-corrected chi connectivity index (χ4v) is 3.94. The van der Waals surface area contributed by atoms with Gasteiger partial charge in [-0.2, -0.15) is 0 Å². The van der Waals surface area contributed by atoms with Crippen LogP contribution in [0.4, 0.5) is 0 Å². The van der Waals surface area contributed by atoms with Gasteiger partial charge in [0, 0.05) is 22.4 Å². The van der Waals surface area contributed by atoms with Crippen molar-refractivity contribution in [2.24, 2.45) is 5.92 Å². The molecule has 1 aliphatic rings. The molecule has 1 fully saturated rings. The van der Waals surface area contributed by atoms with Crippen molar-refractivity contribution in [2.45, 2.75) is 48.1 Å². The molecule has 3 nitrogen and oxygen atoms in total. The van der Waals surface area contributed by atoms with Crippen LogP contribution in [0.15, 0.2) is 64.4 Å². The van der Waals surface area contributed by atoms with Crippen LogP contribution >= 0.6 is 11.8 Å². The molecule has 0 saturated heterocycles. The van der Waals surface area contributed by atoms with Crippen LogP contribution < -0.4 is 5.32 Å². The largest absolute Gasteiger partial charge is 0.481 e. The fourth-order valence-electron chi connectivity index (χ4n) is 3.11. The van der Waals surface area contributed by atoms with Crippen LogP contribution in [-0.4, -0.2) is 17.1 Å². The minimum absolute atomic E-state index is 0.141. The highest BCUT2D eigenvalue weighted by atomic mass is 32.2. The van der Waals surface area contributed by atoms with Crippen LogP contribution in [0.25, 0.3) is 0 Å². The van der Waals surface area contributed by atoms with Crippen molar-refractivity contribution in [1.82, 2.24) is 5.32 Å². The number of rotatable bonds is 6. The van der Waals surface area contributed by atoms with E-state index in [0.29, 0.717) is 6.04 Å². The van der Waals surface area contributed by atoms with Crippen LogP contribution in [0.3, 0.4) is 0 Å². The molecule has 0 spiro atoms. The third-order valence-corrected chi connectivity index (χ3v) is 5.59.